The number of aromatic nitrogens is 1. The standard InChI is InChI=1S/C12H12BrN3S2/c13-9-2-1-3-10(11(9)12(14)17)15-5-4-8-6-18-7-16-8/h1-3,6-7,15H,4-5H2,(H2,14,17). The van der Waals surface area contributed by atoms with Gasteiger partial charge < -0.3 is 11.1 Å². The van der Waals surface area contributed by atoms with Crippen molar-refractivity contribution in [1.82, 2.24) is 4.98 Å². The van der Waals surface area contributed by atoms with E-state index < -0.39 is 0 Å². The second kappa shape index (κ2) is 6.26. The van der Waals surface area contributed by atoms with Crippen LogP contribution in [0.1, 0.15) is 11.3 Å². The highest BCUT2D eigenvalue weighted by Crippen LogP contribution is 2.24. The number of nitrogens with one attached hydrogen (secondary N) is 1. The summed E-state index contributed by atoms with van der Waals surface area (Å²) in [5, 5.41) is 5.39. The van der Waals surface area contributed by atoms with Crippen LogP contribution in [0.5, 0.6) is 0 Å². The van der Waals surface area contributed by atoms with Crippen LogP contribution in [0.25, 0.3) is 0 Å². The van der Waals surface area contributed by atoms with Crippen molar-refractivity contribution in [1.29, 1.82) is 0 Å². The van der Waals surface area contributed by atoms with Crippen molar-refractivity contribution in [3.8, 4) is 0 Å². The van der Waals surface area contributed by atoms with Crippen LogP contribution in [0.2, 0.25) is 0 Å². The summed E-state index contributed by atoms with van der Waals surface area (Å²) < 4.78 is 0.911. The fourth-order valence-corrected chi connectivity index (χ4v) is 3.13. The van der Waals surface area contributed by atoms with Gasteiger partial charge in [0.05, 0.1) is 11.2 Å². The summed E-state index contributed by atoms with van der Waals surface area (Å²) in [4.78, 5) is 4.63. The molecule has 3 nitrogen and oxygen atoms in total. The molecule has 2 aromatic rings. The highest BCUT2D eigenvalue weighted by Gasteiger charge is 2.08. The quantitative estimate of drug-likeness (QED) is 0.820. The van der Waals surface area contributed by atoms with Crippen molar-refractivity contribution in [3.63, 3.8) is 0 Å². The molecule has 2 rings (SSSR count). The van der Waals surface area contributed by atoms with E-state index in [0.717, 1.165) is 34.4 Å². The Morgan fingerprint density at radius 2 is 2.33 bits per heavy atom. The lowest BCUT2D eigenvalue weighted by atomic mass is 10.1. The first-order valence-corrected chi connectivity index (χ1v) is 7.52. The van der Waals surface area contributed by atoms with Crippen molar-refractivity contribution >= 4 is 50.2 Å². The van der Waals surface area contributed by atoms with Gasteiger partial charge in [0.15, 0.2) is 0 Å². The number of thiazole rings is 1. The molecule has 0 spiro atoms. The number of nitrogens with two attached hydrogens (primary N) is 1. The molecule has 0 saturated heterocycles. The highest BCUT2D eigenvalue weighted by molar-refractivity contribution is 9.10. The molecule has 1 aromatic carbocycles. The molecule has 0 saturated carbocycles. The Bertz CT molecular complexity index is 540. The normalized spacial score (nSPS) is 10.3. The van der Waals surface area contributed by atoms with Gasteiger partial charge in [0, 0.05) is 34.1 Å². The Morgan fingerprint density at radius 1 is 1.50 bits per heavy atom. The van der Waals surface area contributed by atoms with Crippen molar-refractivity contribution < 1.29 is 0 Å². The fraction of sp³-hybridized carbons (Fsp3) is 0.167. The van der Waals surface area contributed by atoms with Gasteiger partial charge in [0.1, 0.15) is 4.99 Å². The minimum Gasteiger partial charge on any atom is -0.389 e. The SMILES string of the molecule is NC(=S)c1c(Br)cccc1NCCc1cscn1. The molecule has 0 radical (unpaired) electrons. The molecule has 0 aliphatic carbocycles. The monoisotopic (exact) mass is 341 g/mol. The third-order valence-electron chi connectivity index (χ3n) is 2.44. The Labute approximate surface area is 124 Å². The summed E-state index contributed by atoms with van der Waals surface area (Å²) in [6.45, 7) is 0.801. The second-order valence-corrected chi connectivity index (χ2v) is 5.70. The first kappa shape index (κ1) is 13.5. The van der Waals surface area contributed by atoms with Crippen LogP contribution in [0, 0.1) is 0 Å². The Morgan fingerprint density at radius 3 is 3.00 bits per heavy atom. The summed E-state index contributed by atoms with van der Waals surface area (Å²) >= 11 is 10.1. The summed E-state index contributed by atoms with van der Waals surface area (Å²) in [6.07, 6.45) is 0.882. The lowest BCUT2D eigenvalue weighted by molar-refractivity contribution is 0.977. The third kappa shape index (κ3) is 3.28. The fourth-order valence-electron chi connectivity index (χ4n) is 1.61. The molecule has 0 aliphatic rings. The molecule has 1 aromatic heterocycles. The van der Waals surface area contributed by atoms with Crippen LogP contribution in [-0.2, 0) is 6.42 Å². The van der Waals surface area contributed by atoms with Crippen molar-refractivity contribution in [2.75, 3.05) is 11.9 Å². The Kier molecular flexibility index (Phi) is 4.68. The highest BCUT2D eigenvalue weighted by atomic mass is 79.9. The van der Waals surface area contributed by atoms with Gasteiger partial charge in [-0.15, -0.1) is 11.3 Å². The van der Waals surface area contributed by atoms with Crippen LogP contribution < -0.4 is 11.1 Å². The predicted octanol–water partition coefficient (Wildman–Crippen LogP) is 3.19. The first-order valence-electron chi connectivity index (χ1n) is 5.37. The molecule has 0 amide bonds. The minimum absolute atomic E-state index is 0.388. The van der Waals surface area contributed by atoms with Gasteiger partial charge in [-0.3, -0.25) is 0 Å². The average molecular weight is 342 g/mol. The molecule has 0 atom stereocenters. The van der Waals surface area contributed by atoms with E-state index in [1.54, 1.807) is 11.3 Å². The topological polar surface area (TPSA) is 50.9 Å². The molecular formula is C12H12BrN3S2. The predicted molar refractivity (Wildman–Crippen MR) is 84.3 cm³/mol. The summed E-state index contributed by atoms with van der Waals surface area (Å²) in [6, 6.07) is 5.86. The van der Waals surface area contributed by atoms with Crippen LogP contribution in [0.3, 0.4) is 0 Å². The lowest BCUT2D eigenvalue weighted by Crippen LogP contribution is -2.15. The maximum absolute atomic E-state index is 5.73. The zero-order valence-corrected chi connectivity index (χ0v) is 12.7. The van der Waals surface area contributed by atoms with Gasteiger partial charge in [0.2, 0.25) is 0 Å². The van der Waals surface area contributed by atoms with Crippen molar-refractivity contribution in [3.05, 3.63) is 44.8 Å². The molecule has 18 heavy (non-hydrogen) atoms. The molecule has 0 aliphatic heterocycles. The largest absolute Gasteiger partial charge is 0.389 e. The molecule has 0 bridgehead atoms. The van der Waals surface area contributed by atoms with Gasteiger partial charge >= 0.3 is 0 Å². The molecule has 1 heterocycles. The number of rotatable bonds is 5. The number of thiocarbonyl (C=S) groups is 1. The van der Waals surface area contributed by atoms with E-state index in [0.29, 0.717) is 4.99 Å². The average Bonchev–Trinajstić information content (AvgIpc) is 2.81. The smallest absolute Gasteiger partial charge is 0.107 e. The Hall–Kier alpha value is -0.980. The molecular weight excluding hydrogens is 330 g/mol. The first-order chi connectivity index (χ1) is 8.68. The summed E-state index contributed by atoms with van der Waals surface area (Å²) in [7, 11) is 0. The van der Waals surface area contributed by atoms with Crippen LogP contribution >= 0.6 is 39.5 Å². The van der Waals surface area contributed by atoms with Gasteiger partial charge in [0.25, 0.3) is 0 Å². The van der Waals surface area contributed by atoms with Crippen molar-refractivity contribution in [2.24, 2.45) is 5.73 Å². The Balaban J connectivity index is 2.05. The third-order valence-corrected chi connectivity index (χ3v) is 3.94. The molecule has 0 unspecified atom stereocenters. The maximum atomic E-state index is 5.73. The van der Waals surface area contributed by atoms with Crippen molar-refractivity contribution in [2.45, 2.75) is 6.42 Å². The van der Waals surface area contributed by atoms with E-state index in [1.165, 1.54) is 0 Å². The minimum atomic E-state index is 0.388. The number of benzene rings is 1. The van der Waals surface area contributed by atoms with E-state index in [9.17, 15) is 0 Å². The van der Waals surface area contributed by atoms with Gasteiger partial charge in [-0.2, -0.15) is 0 Å². The number of hydrogen-bond donors (Lipinski definition) is 2. The number of nitrogens with zero attached hydrogens (tertiary/aromatic N) is 1. The van der Waals surface area contributed by atoms with Gasteiger partial charge in [-0.1, -0.05) is 18.3 Å². The van der Waals surface area contributed by atoms with E-state index in [4.69, 9.17) is 18.0 Å². The van der Waals surface area contributed by atoms with Crippen LogP contribution in [0.4, 0.5) is 5.69 Å². The zero-order chi connectivity index (χ0) is 13.0. The van der Waals surface area contributed by atoms with Crippen LogP contribution in [-0.4, -0.2) is 16.5 Å². The second-order valence-electron chi connectivity index (χ2n) is 3.68. The van der Waals surface area contributed by atoms with Gasteiger partial charge in [-0.25, -0.2) is 4.98 Å². The number of hydrogen-bond acceptors (Lipinski definition) is 4. The van der Waals surface area contributed by atoms with E-state index >= 15 is 0 Å². The number of halogens is 1. The van der Waals surface area contributed by atoms with Gasteiger partial charge in [-0.05, 0) is 28.1 Å². The van der Waals surface area contributed by atoms with E-state index in [2.05, 4.69) is 31.6 Å². The summed E-state index contributed by atoms with van der Waals surface area (Å²) in [5.41, 5.74) is 10.5. The molecule has 0 fully saturated rings. The molecule has 3 N–H and O–H groups in total. The zero-order valence-electron chi connectivity index (χ0n) is 9.52. The molecule has 94 valence electrons. The van der Waals surface area contributed by atoms with E-state index in [1.807, 2.05) is 23.7 Å². The lowest BCUT2D eigenvalue weighted by Gasteiger charge is -2.12. The van der Waals surface area contributed by atoms with E-state index in [-0.39, 0.29) is 0 Å². The number of anilines is 1. The maximum Gasteiger partial charge on any atom is 0.107 e. The summed E-state index contributed by atoms with van der Waals surface area (Å²) in [5.74, 6) is 0. The molecule has 6 heteroatoms. The van der Waals surface area contributed by atoms with Crippen LogP contribution in [0.15, 0.2) is 33.6 Å².